The topological polar surface area (TPSA) is 103 Å². The molecule has 0 atom stereocenters. The van der Waals surface area contributed by atoms with E-state index in [9.17, 15) is 9.59 Å². The molecule has 0 unspecified atom stereocenters. The number of ether oxygens (including phenoxy) is 2. The van der Waals surface area contributed by atoms with Crippen molar-refractivity contribution >= 4 is 28.9 Å². The molecule has 0 aliphatic carbocycles. The molecule has 0 aliphatic rings. The van der Waals surface area contributed by atoms with Crippen molar-refractivity contribution in [3.05, 3.63) is 42.0 Å². The molecule has 7 heteroatoms. The van der Waals surface area contributed by atoms with Crippen LogP contribution in [0.1, 0.15) is 19.4 Å². The van der Waals surface area contributed by atoms with Crippen LogP contribution in [-0.4, -0.2) is 25.0 Å². The summed E-state index contributed by atoms with van der Waals surface area (Å²) in [5.74, 6) is -0.550. The van der Waals surface area contributed by atoms with Crippen LogP contribution in [0.2, 0.25) is 0 Å². The molecule has 0 heterocycles. The quantitative estimate of drug-likeness (QED) is 0.545. The van der Waals surface area contributed by atoms with Crippen molar-refractivity contribution in [1.82, 2.24) is 0 Å². The van der Waals surface area contributed by atoms with E-state index in [1.165, 1.54) is 0 Å². The zero-order valence-electron chi connectivity index (χ0n) is 15.1. The van der Waals surface area contributed by atoms with Gasteiger partial charge in [0.05, 0.1) is 24.6 Å². The SMILES string of the molecule is CCOc1ccc(NC(=O)C(=O)Nc2cc(C)ccc2N)cc1OCC. The number of aryl methyl sites for hydroxylation is 1. The minimum atomic E-state index is -0.811. The zero-order chi connectivity index (χ0) is 19.1. The van der Waals surface area contributed by atoms with Gasteiger partial charge in [-0.05, 0) is 50.6 Å². The lowest BCUT2D eigenvalue weighted by atomic mass is 10.2. The summed E-state index contributed by atoms with van der Waals surface area (Å²) < 4.78 is 11.0. The van der Waals surface area contributed by atoms with E-state index in [1.54, 1.807) is 30.3 Å². The van der Waals surface area contributed by atoms with Crippen molar-refractivity contribution in [3.63, 3.8) is 0 Å². The molecule has 0 saturated heterocycles. The highest BCUT2D eigenvalue weighted by molar-refractivity contribution is 6.43. The first-order valence-corrected chi connectivity index (χ1v) is 8.32. The molecule has 0 radical (unpaired) electrons. The lowest BCUT2D eigenvalue weighted by molar-refractivity contribution is -0.132. The molecule has 7 nitrogen and oxygen atoms in total. The fourth-order valence-electron chi connectivity index (χ4n) is 2.27. The summed E-state index contributed by atoms with van der Waals surface area (Å²) in [6.45, 7) is 6.52. The molecule has 2 rings (SSSR count). The number of carbonyl (C=O) groups is 2. The highest BCUT2D eigenvalue weighted by Crippen LogP contribution is 2.30. The van der Waals surface area contributed by atoms with E-state index in [-0.39, 0.29) is 0 Å². The average Bonchev–Trinajstić information content (AvgIpc) is 2.60. The first-order chi connectivity index (χ1) is 12.4. The average molecular weight is 357 g/mol. The van der Waals surface area contributed by atoms with Crippen molar-refractivity contribution in [3.8, 4) is 11.5 Å². The van der Waals surface area contributed by atoms with Gasteiger partial charge in [0.2, 0.25) is 0 Å². The van der Waals surface area contributed by atoms with Crippen molar-refractivity contribution < 1.29 is 19.1 Å². The van der Waals surface area contributed by atoms with Crippen LogP contribution in [0, 0.1) is 6.92 Å². The van der Waals surface area contributed by atoms with Gasteiger partial charge in [-0.15, -0.1) is 0 Å². The van der Waals surface area contributed by atoms with Crippen LogP contribution >= 0.6 is 0 Å². The molecule has 0 saturated carbocycles. The van der Waals surface area contributed by atoms with Crippen LogP contribution < -0.4 is 25.8 Å². The van der Waals surface area contributed by atoms with E-state index >= 15 is 0 Å². The van der Waals surface area contributed by atoms with Gasteiger partial charge in [-0.1, -0.05) is 6.07 Å². The number of nitrogens with two attached hydrogens (primary N) is 1. The molecule has 0 fully saturated rings. The molecule has 2 amide bonds. The summed E-state index contributed by atoms with van der Waals surface area (Å²) in [4.78, 5) is 24.3. The Morgan fingerprint density at radius 2 is 1.58 bits per heavy atom. The lowest BCUT2D eigenvalue weighted by Gasteiger charge is -2.13. The maximum Gasteiger partial charge on any atom is 0.314 e. The van der Waals surface area contributed by atoms with E-state index in [0.29, 0.717) is 41.8 Å². The van der Waals surface area contributed by atoms with Gasteiger partial charge in [0, 0.05) is 11.8 Å². The second-order valence-corrected chi connectivity index (χ2v) is 5.53. The molecule has 0 spiro atoms. The molecule has 2 aromatic rings. The number of benzene rings is 2. The summed E-state index contributed by atoms with van der Waals surface area (Å²) in [6.07, 6.45) is 0. The van der Waals surface area contributed by atoms with Gasteiger partial charge in [0.15, 0.2) is 11.5 Å². The third-order valence-corrected chi connectivity index (χ3v) is 3.46. The van der Waals surface area contributed by atoms with Crippen LogP contribution in [0.25, 0.3) is 0 Å². The van der Waals surface area contributed by atoms with Gasteiger partial charge >= 0.3 is 11.8 Å². The Balaban J connectivity index is 2.09. The van der Waals surface area contributed by atoms with Gasteiger partial charge in [0.1, 0.15) is 0 Å². The highest BCUT2D eigenvalue weighted by Gasteiger charge is 2.16. The fraction of sp³-hybridized carbons (Fsp3) is 0.263. The van der Waals surface area contributed by atoms with Crippen molar-refractivity contribution in [2.24, 2.45) is 0 Å². The summed E-state index contributed by atoms with van der Waals surface area (Å²) in [6, 6.07) is 10.1. The summed E-state index contributed by atoms with van der Waals surface area (Å²) >= 11 is 0. The predicted octanol–water partition coefficient (Wildman–Crippen LogP) is 2.95. The number of nitrogens with one attached hydrogen (secondary N) is 2. The normalized spacial score (nSPS) is 10.1. The maximum atomic E-state index is 12.2. The Hall–Kier alpha value is -3.22. The van der Waals surface area contributed by atoms with Gasteiger partial charge in [-0.25, -0.2) is 0 Å². The smallest absolute Gasteiger partial charge is 0.314 e. The maximum absolute atomic E-state index is 12.2. The summed E-state index contributed by atoms with van der Waals surface area (Å²) in [7, 11) is 0. The van der Waals surface area contributed by atoms with E-state index in [0.717, 1.165) is 5.56 Å². The first-order valence-electron chi connectivity index (χ1n) is 8.32. The van der Waals surface area contributed by atoms with Gasteiger partial charge in [-0.2, -0.15) is 0 Å². The minimum absolute atomic E-state index is 0.386. The molecule has 4 N–H and O–H groups in total. The Labute approximate surface area is 152 Å². The van der Waals surface area contributed by atoms with Crippen LogP contribution in [-0.2, 0) is 9.59 Å². The Morgan fingerprint density at radius 1 is 0.923 bits per heavy atom. The van der Waals surface area contributed by atoms with E-state index < -0.39 is 11.8 Å². The Bertz CT molecular complexity index is 805. The number of carbonyl (C=O) groups excluding carboxylic acids is 2. The number of nitrogen functional groups attached to an aromatic ring is 1. The molecule has 138 valence electrons. The second kappa shape index (κ2) is 8.75. The largest absolute Gasteiger partial charge is 0.490 e. The molecular formula is C19H23N3O4. The monoisotopic (exact) mass is 357 g/mol. The van der Waals surface area contributed by atoms with Gasteiger partial charge < -0.3 is 25.8 Å². The van der Waals surface area contributed by atoms with Crippen LogP contribution in [0.3, 0.4) is 0 Å². The zero-order valence-corrected chi connectivity index (χ0v) is 15.1. The van der Waals surface area contributed by atoms with Crippen molar-refractivity contribution in [1.29, 1.82) is 0 Å². The number of hydrogen-bond donors (Lipinski definition) is 3. The first kappa shape index (κ1) is 19.1. The third kappa shape index (κ3) is 4.89. The van der Waals surface area contributed by atoms with Crippen LogP contribution in [0.5, 0.6) is 11.5 Å². The lowest BCUT2D eigenvalue weighted by Crippen LogP contribution is -2.29. The molecule has 0 aromatic heterocycles. The molecular weight excluding hydrogens is 334 g/mol. The van der Waals surface area contributed by atoms with Crippen LogP contribution in [0.4, 0.5) is 17.1 Å². The van der Waals surface area contributed by atoms with Crippen molar-refractivity contribution in [2.45, 2.75) is 20.8 Å². The third-order valence-electron chi connectivity index (χ3n) is 3.46. The highest BCUT2D eigenvalue weighted by atomic mass is 16.5. The molecule has 0 aliphatic heterocycles. The second-order valence-electron chi connectivity index (χ2n) is 5.53. The minimum Gasteiger partial charge on any atom is -0.490 e. The standard InChI is InChI=1S/C19H23N3O4/c1-4-25-16-9-7-13(11-17(16)26-5-2)21-18(23)19(24)22-15-10-12(3)6-8-14(15)20/h6-11H,4-5,20H2,1-3H3,(H,21,23)(H,22,24). The predicted molar refractivity (Wildman–Crippen MR) is 102 cm³/mol. The van der Waals surface area contributed by atoms with Crippen LogP contribution in [0.15, 0.2) is 36.4 Å². The number of amides is 2. The Kier molecular flexibility index (Phi) is 6.43. The van der Waals surface area contributed by atoms with Crippen molar-refractivity contribution in [2.75, 3.05) is 29.6 Å². The molecule has 0 bridgehead atoms. The van der Waals surface area contributed by atoms with E-state index in [2.05, 4.69) is 10.6 Å². The van der Waals surface area contributed by atoms with E-state index in [1.807, 2.05) is 26.8 Å². The fourth-order valence-corrected chi connectivity index (χ4v) is 2.27. The number of rotatable bonds is 6. The number of hydrogen-bond acceptors (Lipinski definition) is 5. The summed E-state index contributed by atoms with van der Waals surface area (Å²) in [5, 5.41) is 5.05. The molecule has 26 heavy (non-hydrogen) atoms. The van der Waals surface area contributed by atoms with Gasteiger partial charge in [0.25, 0.3) is 0 Å². The number of anilines is 3. The Morgan fingerprint density at radius 3 is 2.27 bits per heavy atom. The van der Waals surface area contributed by atoms with Gasteiger partial charge in [-0.3, -0.25) is 9.59 Å². The summed E-state index contributed by atoms with van der Waals surface area (Å²) in [5.41, 5.74) is 7.94. The van der Waals surface area contributed by atoms with E-state index in [4.69, 9.17) is 15.2 Å². The molecule has 2 aromatic carbocycles.